The van der Waals surface area contributed by atoms with Gasteiger partial charge >= 0.3 is 0 Å². The third-order valence-corrected chi connectivity index (χ3v) is 5.31. The Morgan fingerprint density at radius 3 is 2.67 bits per heavy atom. The topological polar surface area (TPSA) is 79.6 Å². The average Bonchev–Trinajstić information content (AvgIpc) is 3.20. The van der Waals surface area contributed by atoms with E-state index >= 15 is 0 Å². The van der Waals surface area contributed by atoms with E-state index in [-0.39, 0.29) is 11.8 Å². The lowest BCUT2D eigenvalue weighted by Gasteiger charge is -2.33. The number of piperidine rings is 1. The number of hydrogen-bond donors (Lipinski definition) is 1. The summed E-state index contributed by atoms with van der Waals surface area (Å²) in [5.41, 5.74) is 1.43. The van der Waals surface area contributed by atoms with Gasteiger partial charge in [0.15, 0.2) is 5.65 Å². The summed E-state index contributed by atoms with van der Waals surface area (Å²) < 4.78 is 1.73. The number of aromatic nitrogens is 3. The number of carbonyl (C=O) groups excluding carboxylic acids is 2. The van der Waals surface area contributed by atoms with Crippen molar-refractivity contribution in [3.63, 3.8) is 0 Å². The summed E-state index contributed by atoms with van der Waals surface area (Å²) in [6.07, 6.45) is 11.4. The Morgan fingerprint density at radius 1 is 1.25 bits per heavy atom. The molecule has 1 aliphatic heterocycles. The Balaban J connectivity index is 1.38. The van der Waals surface area contributed by atoms with Crippen LogP contribution in [0.2, 0.25) is 0 Å². The van der Waals surface area contributed by atoms with Crippen molar-refractivity contribution in [2.75, 3.05) is 13.1 Å². The van der Waals surface area contributed by atoms with Crippen molar-refractivity contribution in [1.82, 2.24) is 24.6 Å². The summed E-state index contributed by atoms with van der Waals surface area (Å²) in [5.74, 6) is -0.348. The van der Waals surface area contributed by atoms with E-state index in [0.717, 1.165) is 25.9 Å². The van der Waals surface area contributed by atoms with Crippen LogP contribution in [0.15, 0.2) is 24.8 Å². The van der Waals surface area contributed by atoms with Crippen molar-refractivity contribution in [2.24, 2.45) is 5.41 Å². The summed E-state index contributed by atoms with van der Waals surface area (Å²) in [6, 6.07) is -0.548. The molecule has 0 aromatic carbocycles. The molecule has 2 fully saturated rings. The van der Waals surface area contributed by atoms with Crippen LogP contribution in [0.4, 0.5) is 0 Å². The molecule has 7 heteroatoms. The number of rotatable bonds is 3. The second-order valence-electron chi connectivity index (χ2n) is 6.99. The molecule has 0 radical (unpaired) electrons. The van der Waals surface area contributed by atoms with Gasteiger partial charge in [-0.3, -0.25) is 14.6 Å². The summed E-state index contributed by atoms with van der Waals surface area (Å²) in [5, 5.41) is 2.76. The van der Waals surface area contributed by atoms with Crippen LogP contribution in [0.5, 0.6) is 0 Å². The van der Waals surface area contributed by atoms with Crippen LogP contribution < -0.4 is 5.32 Å². The monoisotopic (exact) mass is 327 g/mol. The Kier molecular flexibility index (Phi) is 3.51. The van der Waals surface area contributed by atoms with Crippen molar-refractivity contribution in [3.8, 4) is 0 Å². The van der Waals surface area contributed by atoms with Crippen molar-refractivity contribution in [1.29, 1.82) is 0 Å². The molecule has 1 atom stereocenters. The third-order valence-electron chi connectivity index (χ3n) is 5.31. The van der Waals surface area contributed by atoms with E-state index in [1.165, 1.54) is 12.8 Å². The fourth-order valence-corrected chi connectivity index (χ4v) is 3.44. The Labute approximate surface area is 140 Å². The molecule has 2 aromatic heterocycles. The lowest BCUT2D eigenvalue weighted by molar-refractivity contribution is -0.134. The van der Waals surface area contributed by atoms with E-state index in [2.05, 4.69) is 15.3 Å². The highest BCUT2D eigenvalue weighted by atomic mass is 16.2. The summed E-state index contributed by atoms with van der Waals surface area (Å²) in [4.78, 5) is 35.0. The predicted octanol–water partition coefficient (Wildman–Crippen LogP) is 1.25. The Bertz CT molecular complexity index is 752. The second-order valence-corrected chi connectivity index (χ2v) is 6.99. The fraction of sp³-hybridized carbons (Fsp3) is 0.529. The maximum atomic E-state index is 12.5. The number of nitrogens with one attached hydrogen (secondary N) is 1. The molecular formula is C17H21N5O2. The minimum Gasteiger partial charge on any atom is -0.341 e. The van der Waals surface area contributed by atoms with Gasteiger partial charge in [0.05, 0.1) is 6.20 Å². The van der Waals surface area contributed by atoms with E-state index in [1.807, 2.05) is 4.90 Å². The van der Waals surface area contributed by atoms with E-state index in [1.54, 1.807) is 36.1 Å². The maximum absolute atomic E-state index is 12.5. The van der Waals surface area contributed by atoms with Gasteiger partial charge in [0.25, 0.3) is 5.91 Å². The molecule has 1 saturated carbocycles. The zero-order valence-electron chi connectivity index (χ0n) is 13.7. The zero-order valence-corrected chi connectivity index (χ0v) is 13.7. The molecule has 24 heavy (non-hydrogen) atoms. The van der Waals surface area contributed by atoms with Crippen molar-refractivity contribution in [3.05, 3.63) is 30.5 Å². The molecule has 7 nitrogen and oxygen atoms in total. The number of amides is 2. The predicted molar refractivity (Wildman–Crippen MR) is 87.4 cm³/mol. The molecule has 2 aromatic rings. The molecule has 1 saturated heterocycles. The molecule has 0 bridgehead atoms. The van der Waals surface area contributed by atoms with Gasteiger partial charge in [-0.15, -0.1) is 0 Å². The Morgan fingerprint density at radius 2 is 2.00 bits per heavy atom. The first-order valence-electron chi connectivity index (χ1n) is 8.45. The van der Waals surface area contributed by atoms with Gasteiger partial charge in [-0.25, -0.2) is 4.98 Å². The molecule has 4 rings (SSSR count). The quantitative estimate of drug-likeness (QED) is 0.920. The fourth-order valence-electron chi connectivity index (χ4n) is 3.44. The summed E-state index contributed by atoms with van der Waals surface area (Å²) >= 11 is 0. The number of imidazole rings is 1. The van der Waals surface area contributed by atoms with Gasteiger partial charge < -0.3 is 14.6 Å². The summed E-state index contributed by atoms with van der Waals surface area (Å²) in [7, 11) is 0. The first-order valence-corrected chi connectivity index (χ1v) is 8.45. The van der Waals surface area contributed by atoms with Crippen LogP contribution in [0.25, 0.3) is 5.65 Å². The molecule has 1 N–H and O–H groups in total. The molecule has 2 aliphatic rings. The lowest BCUT2D eigenvalue weighted by Crippen LogP contribution is -2.49. The lowest BCUT2D eigenvalue weighted by atomic mass is 9.93. The van der Waals surface area contributed by atoms with Crippen molar-refractivity contribution < 1.29 is 9.59 Å². The number of hydrogen-bond acceptors (Lipinski definition) is 4. The first-order chi connectivity index (χ1) is 11.6. The molecule has 2 amide bonds. The van der Waals surface area contributed by atoms with Gasteiger partial charge in [0.2, 0.25) is 5.91 Å². The first kappa shape index (κ1) is 15.1. The van der Waals surface area contributed by atoms with E-state index in [4.69, 9.17) is 0 Å². The minimum absolute atomic E-state index is 0.00993. The van der Waals surface area contributed by atoms with Crippen molar-refractivity contribution in [2.45, 2.75) is 38.6 Å². The van der Waals surface area contributed by atoms with Crippen LogP contribution in [0.3, 0.4) is 0 Å². The highest BCUT2D eigenvalue weighted by Gasteiger charge is 2.45. The van der Waals surface area contributed by atoms with Gasteiger partial charge in [0, 0.05) is 31.7 Å². The highest BCUT2D eigenvalue weighted by Crippen LogP contribution is 2.53. The number of nitrogens with zero attached hydrogens (tertiary/aromatic N) is 4. The number of carbonyl (C=O) groups is 2. The van der Waals surface area contributed by atoms with Gasteiger partial charge in [0.1, 0.15) is 11.7 Å². The van der Waals surface area contributed by atoms with Gasteiger partial charge in [-0.2, -0.15) is 0 Å². The average molecular weight is 327 g/mol. The van der Waals surface area contributed by atoms with Gasteiger partial charge in [-0.05, 0) is 38.0 Å². The van der Waals surface area contributed by atoms with Crippen molar-refractivity contribution >= 4 is 17.5 Å². The molecule has 3 heterocycles. The number of fused-ring (bicyclic) bond motifs is 1. The molecule has 126 valence electrons. The highest BCUT2D eigenvalue weighted by molar-refractivity contribution is 5.96. The maximum Gasteiger partial charge on any atom is 0.272 e. The van der Waals surface area contributed by atoms with Crippen LogP contribution in [-0.4, -0.2) is 50.2 Å². The van der Waals surface area contributed by atoms with Crippen LogP contribution in [-0.2, 0) is 4.79 Å². The molecule has 1 aliphatic carbocycles. The Hall–Kier alpha value is -2.44. The largest absolute Gasteiger partial charge is 0.341 e. The van der Waals surface area contributed by atoms with Crippen LogP contribution in [0, 0.1) is 5.41 Å². The third kappa shape index (κ3) is 2.74. The molecule has 1 spiro atoms. The van der Waals surface area contributed by atoms with E-state index in [9.17, 15) is 9.59 Å². The second kappa shape index (κ2) is 5.58. The smallest absolute Gasteiger partial charge is 0.272 e. The van der Waals surface area contributed by atoms with Crippen LogP contribution >= 0.6 is 0 Å². The summed E-state index contributed by atoms with van der Waals surface area (Å²) in [6.45, 7) is 3.34. The van der Waals surface area contributed by atoms with Gasteiger partial charge in [-0.1, -0.05) is 0 Å². The molecule has 1 unspecified atom stereocenters. The molecular weight excluding hydrogens is 306 g/mol. The van der Waals surface area contributed by atoms with E-state index < -0.39 is 6.04 Å². The number of likely N-dealkylation sites (tertiary alicyclic amines) is 1. The standard InChI is InChI=1S/C17H21N5O2/c1-12(16(24)21-7-4-17(2-3-17)5-8-21)19-15(23)13-11-22-9-6-18-10-14(22)20-13/h6,9-12H,2-5,7-8H2,1H3,(H,19,23). The van der Waals surface area contributed by atoms with Crippen LogP contribution in [0.1, 0.15) is 43.1 Å². The normalized spacial score (nSPS) is 20.1. The zero-order chi connectivity index (χ0) is 16.7. The van der Waals surface area contributed by atoms with E-state index in [0.29, 0.717) is 16.8 Å². The minimum atomic E-state index is -0.548. The SMILES string of the molecule is CC(NC(=O)c1cn2ccncc2n1)C(=O)N1CCC2(CC1)CC2.